The number of aliphatic imine (C=N–C) groups is 1. The molecule has 1 amide bonds. The fourth-order valence-electron chi connectivity index (χ4n) is 2.87. The molecule has 1 heterocycles. The first-order chi connectivity index (χ1) is 15.4. The van der Waals surface area contributed by atoms with Gasteiger partial charge in [-0.25, -0.2) is 9.79 Å². The lowest BCUT2D eigenvalue weighted by Crippen LogP contribution is -2.14. The number of benzene rings is 2. The largest absolute Gasteiger partial charge is 0.506 e. The smallest absolute Gasteiger partial charge is 0.344 e. The molecule has 0 spiro atoms. The number of carbonyl (C=O) groups is 2. The van der Waals surface area contributed by atoms with Gasteiger partial charge in [0, 0.05) is 0 Å². The maximum absolute atomic E-state index is 12.7. The summed E-state index contributed by atoms with van der Waals surface area (Å²) in [4.78, 5) is 29.6. The van der Waals surface area contributed by atoms with Gasteiger partial charge in [-0.15, -0.1) is 0 Å². The summed E-state index contributed by atoms with van der Waals surface area (Å²) in [6.45, 7) is 1.74. The van der Waals surface area contributed by atoms with Crippen molar-refractivity contribution in [2.45, 2.75) is 6.92 Å². The van der Waals surface area contributed by atoms with Crippen LogP contribution >= 0.6 is 23.4 Å². The van der Waals surface area contributed by atoms with Gasteiger partial charge in [0.15, 0.2) is 11.5 Å². The molecule has 1 N–H and O–H groups in total. The molecular formula is C23H20ClNO6S. The maximum atomic E-state index is 12.7. The lowest BCUT2D eigenvalue weighted by atomic mass is 10.1. The van der Waals surface area contributed by atoms with Crippen molar-refractivity contribution in [1.29, 1.82) is 0 Å². The molecule has 0 unspecified atom stereocenters. The zero-order chi connectivity index (χ0) is 23.3. The number of hydrogen-bond acceptors (Lipinski definition) is 7. The van der Waals surface area contributed by atoms with Crippen LogP contribution in [0, 0.1) is 0 Å². The molecule has 1 aliphatic heterocycles. The van der Waals surface area contributed by atoms with Gasteiger partial charge in [0.05, 0.1) is 36.3 Å². The molecule has 2 aromatic rings. The number of aliphatic hydroxyl groups excluding tert-OH is 1. The summed E-state index contributed by atoms with van der Waals surface area (Å²) >= 11 is 7.07. The van der Waals surface area contributed by atoms with Crippen LogP contribution in [0.1, 0.15) is 22.8 Å². The van der Waals surface area contributed by atoms with Crippen LogP contribution in [-0.4, -0.2) is 42.9 Å². The van der Waals surface area contributed by atoms with E-state index in [2.05, 4.69) is 4.99 Å². The first-order valence-electron chi connectivity index (χ1n) is 9.49. The van der Waals surface area contributed by atoms with Gasteiger partial charge in [-0.3, -0.25) is 4.79 Å². The minimum Gasteiger partial charge on any atom is -0.506 e. The third kappa shape index (κ3) is 4.98. The van der Waals surface area contributed by atoms with Crippen LogP contribution in [0.2, 0.25) is 5.02 Å². The molecule has 0 fully saturated rings. The van der Waals surface area contributed by atoms with Crippen LogP contribution in [-0.2, 0) is 9.53 Å². The molecule has 166 valence electrons. The number of nitrogens with zero attached hydrogens (tertiary/aromatic N) is 1. The van der Waals surface area contributed by atoms with E-state index in [1.807, 2.05) is 0 Å². The second kappa shape index (κ2) is 10.4. The van der Waals surface area contributed by atoms with Crippen LogP contribution < -0.4 is 9.47 Å². The topological polar surface area (TPSA) is 94.4 Å². The lowest BCUT2D eigenvalue weighted by molar-refractivity contribution is -0.138. The van der Waals surface area contributed by atoms with E-state index in [1.165, 1.54) is 20.3 Å². The molecule has 0 aliphatic carbocycles. The van der Waals surface area contributed by atoms with Gasteiger partial charge < -0.3 is 19.3 Å². The second-order valence-corrected chi connectivity index (χ2v) is 7.81. The summed E-state index contributed by atoms with van der Waals surface area (Å²) in [5.74, 6) is -0.692. The molecule has 3 rings (SSSR count). The normalized spacial score (nSPS) is 15.9. The molecular weight excluding hydrogens is 454 g/mol. The number of methoxy groups -OCH3 is 2. The highest BCUT2D eigenvalue weighted by Gasteiger charge is 2.34. The van der Waals surface area contributed by atoms with Gasteiger partial charge in [-0.1, -0.05) is 41.6 Å². The van der Waals surface area contributed by atoms with Crippen LogP contribution in [0.25, 0.3) is 6.08 Å². The Morgan fingerprint density at radius 3 is 2.50 bits per heavy atom. The minimum absolute atomic E-state index is 0.0256. The standard InChI is InChI=1S/C23H20ClNO6S/c1-4-31-23(28)19-20(26)18(12-13-9-10-16(29-2)17(11-13)30-3)32-22(19)25-21(27)14-7-5-6-8-15(14)24/h5-12,26H,4H2,1-3H3/b18-12-,25-22?. The Kier molecular flexibility index (Phi) is 7.61. The Bertz CT molecular complexity index is 1150. The van der Waals surface area contributed by atoms with Crippen molar-refractivity contribution in [2.75, 3.05) is 20.8 Å². The van der Waals surface area contributed by atoms with E-state index in [4.69, 9.17) is 25.8 Å². The predicted molar refractivity (Wildman–Crippen MR) is 125 cm³/mol. The number of ether oxygens (including phenoxy) is 3. The van der Waals surface area contributed by atoms with Crippen molar-refractivity contribution >= 4 is 46.4 Å². The summed E-state index contributed by atoms with van der Waals surface area (Å²) in [6.07, 6.45) is 1.64. The first kappa shape index (κ1) is 23.4. The lowest BCUT2D eigenvalue weighted by Gasteiger charge is -2.08. The fourth-order valence-corrected chi connectivity index (χ4v) is 4.10. The molecule has 0 radical (unpaired) electrons. The third-order valence-corrected chi connectivity index (χ3v) is 5.73. The Labute approximate surface area is 194 Å². The average Bonchev–Trinajstić information content (AvgIpc) is 3.08. The highest BCUT2D eigenvalue weighted by molar-refractivity contribution is 8.18. The van der Waals surface area contributed by atoms with Crippen molar-refractivity contribution in [1.82, 2.24) is 0 Å². The Balaban J connectivity index is 2.03. The van der Waals surface area contributed by atoms with Crippen LogP contribution in [0.3, 0.4) is 0 Å². The first-order valence-corrected chi connectivity index (χ1v) is 10.7. The number of aliphatic hydroxyl groups is 1. The maximum Gasteiger partial charge on any atom is 0.344 e. The van der Waals surface area contributed by atoms with Gasteiger partial charge in [-0.05, 0) is 42.8 Å². The monoisotopic (exact) mass is 473 g/mol. The van der Waals surface area contributed by atoms with Gasteiger partial charge in [0.2, 0.25) is 0 Å². The quantitative estimate of drug-likeness (QED) is 0.586. The number of amides is 1. The number of rotatable bonds is 6. The average molecular weight is 474 g/mol. The summed E-state index contributed by atoms with van der Waals surface area (Å²) in [6, 6.07) is 11.6. The molecule has 1 aliphatic rings. The van der Waals surface area contributed by atoms with Crippen molar-refractivity contribution in [3.8, 4) is 11.5 Å². The molecule has 7 nitrogen and oxygen atoms in total. The van der Waals surface area contributed by atoms with Gasteiger partial charge in [0.25, 0.3) is 5.91 Å². The molecule has 2 aromatic carbocycles. The van der Waals surface area contributed by atoms with Crippen LogP contribution in [0.5, 0.6) is 11.5 Å². The molecule has 0 saturated heterocycles. The van der Waals surface area contributed by atoms with E-state index in [9.17, 15) is 14.7 Å². The minimum atomic E-state index is -0.779. The molecule has 0 aromatic heterocycles. The molecule has 0 atom stereocenters. The third-order valence-electron chi connectivity index (χ3n) is 4.38. The van der Waals surface area contributed by atoms with E-state index < -0.39 is 11.9 Å². The van der Waals surface area contributed by atoms with E-state index in [-0.39, 0.29) is 33.6 Å². The summed E-state index contributed by atoms with van der Waals surface area (Å²) < 4.78 is 15.6. The predicted octanol–water partition coefficient (Wildman–Crippen LogP) is 5.06. The highest BCUT2D eigenvalue weighted by atomic mass is 35.5. The second-order valence-electron chi connectivity index (χ2n) is 6.37. The molecule has 32 heavy (non-hydrogen) atoms. The van der Waals surface area contributed by atoms with E-state index in [0.29, 0.717) is 22.0 Å². The number of esters is 1. The van der Waals surface area contributed by atoms with Crippen molar-refractivity contribution < 1.29 is 28.9 Å². The zero-order valence-electron chi connectivity index (χ0n) is 17.5. The number of carbonyl (C=O) groups excluding carboxylic acids is 2. The van der Waals surface area contributed by atoms with E-state index in [0.717, 1.165) is 11.8 Å². The summed E-state index contributed by atoms with van der Waals surface area (Å²) in [5, 5.41) is 11.0. The number of thioether (sulfide) groups is 1. The van der Waals surface area contributed by atoms with Crippen LogP contribution in [0.15, 0.2) is 63.7 Å². The van der Waals surface area contributed by atoms with Gasteiger partial charge in [0.1, 0.15) is 16.4 Å². The highest BCUT2D eigenvalue weighted by Crippen LogP contribution is 2.40. The van der Waals surface area contributed by atoms with Crippen molar-refractivity contribution in [3.63, 3.8) is 0 Å². The zero-order valence-corrected chi connectivity index (χ0v) is 19.1. The summed E-state index contributed by atoms with van der Waals surface area (Å²) in [5.41, 5.74) is 0.685. The Morgan fingerprint density at radius 1 is 1.12 bits per heavy atom. The Hall–Kier alpha value is -3.23. The summed E-state index contributed by atoms with van der Waals surface area (Å²) in [7, 11) is 3.04. The van der Waals surface area contributed by atoms with Crippen molar-refractivity contribution in [2.24, 2.45) is 4.99 Å². The number of halogens is 1. The van der Waals surface area contributed by atoms with Gasteiger partial charge >= 0.3 is 5.97 Å². The SMILES string of the molecule is CCOC(=O)C1=C(O)/C(=C/c2ccc(OC)c(OC)c2)SC1=NC(=O)c1ccccc1Cl. The van der Waals surface area contributed by atoms with Gasteiger partial charge in [-0.2, -0.15) is 0 Å². The van der Waals surface area contributed by atoms with Crippen LogP contribution in [0.4, 0.5) is 0 Å². The van der Waals surface area contributed by atoms with Crippen molar-refractivity contribution in [3.05, 3.63) is 74.9 Å². The molecule has 0 bridgehead atoms. The number of hydrogen-bond donors (Lipinski definition) is 1. The fraction of sp³-hybridized carbons (Fsp3) is 0.174. The Morgan fingerprint density at radius 2 is 1.84 bits per heavy atom. The molecule has 9 heteroatoms. The van der Waals surface area contributed by atoms with E-state index >= 15 is 0 Å². The van der Waals surface area contributed by atoms with E-state index in [1.54, 1.807) is 49.4 Å². The molecule has 0 saturated carbocycles.